The van der Waals surface area contributed by atoms with Crippen molar-refractivity contribution in [2.24, 2.45) is 5.73 Å². The van der Waals surface area contributed by atoms with Crippen LogP contribution < -0.4 is 22.7 Å². The highest BCUT2D eigenvalue weighted by Crippen LogP contribution is 2.16. The van der Waals surface area contributed by atoms with Crippen molar-refractivity contribution < 1.29 is 30.9 Å². The van der Waals surface area contributed by atoms with Crippen LogP contribution in [0.15, 0.2) is 24.3 Å². The average molecular weight is 813 g/mol. The Morgan fingerprint density at radius 3 is 1.25 bits per heavy atom. The van der Waals surface area contributed by atoms with E-state index in [2.05, 4.69) is 43.1 Å². The largest absolute Gasteiger partial charge is 1.00 e. The average Bonchev–Trinajstić information content (AvgIpc) is 3.16. The second-order valence-corrected chi connectivity index (χ2v) is 16.3. The number of hydrogen-bond donors (Lipinski definition) is 1. The Labute approximate surface area is 343 Å². The maximum Gasteiger partial charge on any atom is 0.102 e. The first kappa shape index (κ1) is 52.8. The fraction of sp³-hybridized carbons (Fsp3) is 0.915. The number of rotatable bonds is 41. The predicted molar refractivity (Wildman–Crippen MR) is 230 cm³/mol. The van der Waals surface area contributed by atoms with Crippen molar-refractivity contribution >= 4 is 0 Å². The lowest BCUT2D eigenvalue weighted by Crippen LogP contribution is -3.00. The molecule has 1 fully saturated rings. The number of hydrogen-bond acceptors (Lipinski definition) is 4. The number of nitrogens with zero attached hydrogens (tertiary/aromatic N) is 2. The van der Waals surface area contributed by atoms with Crippen LogP contribution in [0.1, 0.15) is 200 Å². The molecule has 0 amide bonds. The van der Waals surface area contributed by atoms with E-state index >= 15 is 0 Å². The number of ether oxygens (including phenoxy) is 2. The minimum atomic E-state index is 0. The van der Waals surface area contributed by atoms with Gasteiger partial charge in [-0.2, -0.15) is 0 Å². The van der Waals surface area contributed by atoms with Gasteiger partial charge < -0.3 is 36.7 Å². The number of quaternary nitrogens is 1. The molecule has 1 saturated heterocycles. The summed E-state index contributed by atoms with van der Waals surface area (Å²) in [5, 5.41) is 0. The molecule has 0 unspecified atom stereocenters. The van der Waals surface area contributed by atoms with Crippen LogP contribution in [0.4, 0.5) is 0 Å². The Bertz CT molecular complexity index is 756. The van der Waals surface area contributed by atoms with Crippen molar-refractivity contribution in [1.82, 2.24) is 4.90 Å². The zero-order valence-electron chi connectivity index (χ0n) is 36.0. The van der Waals surface area contributed by atoms with Crippen molar-refractivity contribution in [2.75, 3.05) is 78.8 Å². The molecule has 5 nitrogen and oxygen atoms in total. The summed E-state index contributed by atoms with van der Waals surface area (Å²) in [6.07, 6.45) is 48.8. The minimum Gasteiger partial charge on any atom is -1.00 e. The van der Waals surface area contributed by atoms with E-state index in [0.717, 1.165) is 52.5 Å². The summed E-state index contributed by atoms with van der Waals surface area (Å²) in [5.74, 6) is 0. The summed E-state index contributed by atoms with van der Waals surface area (Å²) in [6.45, 7) is 17.3. The lowest BCUT2D eigenvalue weighted by Gasteiger charge is -2.45. The summed E-state index contributed by atoms with van der Waals surface area (Å²) in [4.78, 5) is 2.62. The van der Waals surface area contributed by atoms with Gasteiger partial charge in [-0.3, -0.25) is 4.90 Å². The SMILES string of the molecule is CCCCCCCCC=CCCCCCCCCOCCN1CC[N+](CCCN)(CCOCCCCCCCCC=CCCCCCCCC)CC1.[Br-]. The van der Waals surface area contributed by atoms with E-state index < -0.39 is 0 Å². The van der Waals surface area contributed by atoms with Crippen LogP contribution in [-0.2, 0) is 9.47 Å². The molecule has 0 saturated carbocycles. The van der Waals surface area contributed by atoms with Gasteiger partial charge in [-0.1, -0.05) is 154 Å². The third kappa shape index (κ3) is 35.9. The number of halogens is 1. The molecule has 53 heavy (non-hydrogen) atoms. The van der Waals surface area contributed by atoms with Crippen molar-refractivity contribution in [3.05, 3.63) is 24.3 Å². The quantitative estimate of drug-likeness (QED) is 0.0380. The fourth-order valence-corrected chi connectivity index (χ4v) is 7.70. The van der Waals surface area contributed by atoms with Gasteiger partial charge in [0.25, 0.3) is 0 Å². The zero-order valence-corrected chi connectivity index (χ0v) is 37.6. The van der Waals surface area contributed by atoms with Gasteiger partial charge in [0.05, 0.1) is 32.8 Å². The Balaban J connectivity index is 0.0000270. The fourth-order valence-electron chi connectivity index (χ4n) is 7.70. The van der Waals surface area contributed by atoms with E-state index in [4.69, 9.17) is 15.2 Å². The molecule has 1 rings (SSSR count). The van der Waals surface area contributed by atoms with Gasteiger partial charge in [0.2, 0.25) is 0 Å². The first-order valence-electron chi connectivity index (χ1n) is 23.5. The molecule has 0 radical (unpaired) electrons. The molecule has 0 atom stereocenters. The normalized spacial score (nSPS) is 14.8. The van der Waals surface area contributed by atoms with Crippen LogP contribution >= 0.6 is 0 Å². The lowest BCUT2D eigenvalue weighted by molar-refractivity contribution is -0.932. The lowest BCUT2D eigenvalue weighted by atomic mass is 10.1. The molecule has 0 aliphatic carbocycles. The van der Waals surface area contributed by atoms with Crippen LogP contribution in [0.3, 0.4) is 0 Å². The first-order valence-corrected chi connectivity index (χ1v) is 23.5. The molecule has 6 heteroatoms. The molecule has 2 N–H and O–H groups in total. The second-order valence-electron chi connectivity index (χ2n) is 16.3. The van der Waals surface area contributed by atoms with Crippen molar-refractivity contribution in [3.63, 3.8) is 0 Å². The van der Waals surface area contributed by atoms with E-state index in [1.807, 2.05) is 0 Å². The maximum atomic E-state index is 6.17. The minimum absolute atomic E-state index is 0. The van der Waals surface area contributed by atoms with Crippen molar-refractivity contribution in [2.45, 2.75) is 200 Å². The molecular formula is C47H94BrN3O2. The van der Waals surface area contributed by atoms with Gasteiger partial charge in [-0.05, 0) is 70.8 Å². The molecule has 316 valence electrons. The number of allylic oxidation sites excluding steroid dienone is 4. The highest BCUT2D eigenvalue weighted by Gasteiger charge is 2.32. The van der Waals surface area contributed by atoms with Gasteiger partial charge in [0, 0.05) is 39.3 Å². The second kappa shape index (κ2) is 42.9. The molecular weight excluding hydrogens is 718 g/mol. The third-order valence-corrected chi connectivity index (χ3v) is 11.5. The smallest absolute Gasteiger partial charge is 0.102 e. The van der Waals surface area contributed by atoms with Crippen LogP contribution in [0.5, 0.6) is 0 Å². The van der Waals surface area contributed by atoms with Crippen molar-refractivity contribution in [1.29, 1.82) is 0 Å². The van der Waals surface area contributed by atoms with E-state index in [0.29, 0.717) is 0 Å². The zero-order chi connectivity index (χ0) is 37.3. The van der Waals surface area contributed by atoms with Crippen LogP contribution in [0.2, 0.25) is 0 Å². The summed E-state index contributed by atoms with van der Waals surface area (Å²) >= 11 is 0. The standard InChI is InChI=1S/C47H94N3O2.BrH/c1-3-5-7-9-11-13-15-17-19-21-23-25-27-29-31-33-44-51-46-39-49-37-41-50(42-38-49,40-35-36-48)43-47-52-45-34-32-30-28-26-24-22-20-18-16-14-12-10-8-6-4-2;/h17-20H,3-16,21-48H2,1-2H3;1H/q+1;/p-1. The van der Waals surface area contributed by atoms with E-state index in [1.54, 1.807) is 0 Å². The van der Waals surface area contributed by atoms with Gasteiger partial charge >= 0.3 is 0 Å². The summed E-state index contributed by atoms with van der Waals surface area (Å²) in [7, 11) is 0. The van der Waals surface area contributed by atoms with E-state index in [9.17, 15) is 0 Å². The molecule has 0 spiro atoms. The Morgan fingerprint density at radius 2 is 0.830 bits per heavy atom. The highest BCUT2D eigenvalue weighted by atomic mass is 79.9. The van der Waals surface area contributed by atoms with Gasteiger partial charge in [0.1, 0.15) is 6.54 Å². The van der Waals surface area contributed by atoms with Gasteiger partial charge in [0.15, 0.2) is 0 Å². The number of nitrogens with two attached hydrogens (primary N) is 1. The molecule has 0 bridgehead atoms. The first-order chi connectivity index (χ1) is 25.8. The maximum absolute atomic E-state index is 6.17. The van der Waals surface area contributed by atoms with Gasteiger partial charge in [-0.25, -0.2) is 0 Å². The third-order valence-electron chi connectivity index (χ3n) is 11.5. The van der Waals surface area contributed by atoms with E-state index in [-0.39, 0.29) is 17.0 Å². The van der Waals surface area contributed by atoms with Crippen LogP contribution in [-0.4, -0.2) is 88.2 Å². The number of piperazine rings is 1. The monoisotopic (exact) mass is 812 g/mol. The highest BCUT2D eigenvalue weighted by molar-refractivity contribution is 4.82. The molecule has 0 aromatic heterocycles. The van der Waals surface area contributed by atoms with Gasteiger partial charge in [-0.15, -0.1) is 0 Å². The molecule has 1 aliphatic heterocycles. The molecule has 1 heterocycles. The van der Waals surface area contributed by atoms with E-state index in [1.165, 1.54) is 217 Å². The van der Waals surface area contributed by atoms with Crippen LogP contribution in [0, 0.1) is 0 Å². The Hall–Kier alpha value is -0.240. The predicted octanol–water partition coefficient (Wildman–Crippen LogP) is 9.58. The summed E-state index contributed by atoms with van der Waals surface area (Å²) in [6, 6.07) is 0. The Morgan fingerprint density at radius 1 is 0.453 bits per heavy atom. The molecule has 0 aromatic rings. The number of unbranched alkanes of at least 4 members (excludes halogenated alkanes) is 24. The summed E-state index contributed by atoms with van der Waals surface area (Å²) in [5.41, 5.74) is 5.94. The molecule has 0 aromatic carbocycles. The van der Waals surface area contributed by atoms with Crippen molar-refractivity contribution in [3.8, 4) is 0 Å². The molecule has 1 aliphatic rings. The topological polar surface area (TPSA) is 47.7 Å². The Kier molecular flexibility index (Phi) is 42.7. The summed E-state index contributed by atoms with van der Waals surface area (Å²) < 4.78 is 13.4. The van der Waals surface area contributed by atoms with Crippen LogP contribution in [0.25, 0.3) is 0 Å².